The zero-order chi connectivity index (χ0) is 14.1. The molecule has 0 aliphatic rings. The third kappa shape index (κ3) is 7.28. The van der Waals surface area contributed by atoms with Gasteiger partial charge in [-0.05, 0) is 36.6 Å². The molecular formula is C14H21FN2O2. The number of ether oxygens (including phenoxy) is 1. The van der Waals surface area contributed by atoms with Gasteiger partial charge in [-0.25, -0.2) is 9.18 Å². The average Bonchev–Trinajstić information content (AvgIpc) is 2.38. The highest BCUT2D eigenvalue weighted by Gasteiger charge is 2.00. The Kier molecular flexibility index (Phi) is 6.71. The second-order valence-corrected chi connectivity index (χ2v) is 4.69. The molecule has 1 aromatic rings. The minimum Gasteiger partial charge on any atom is -0.494 e. The van der Waals surface area contributed by atoms with E-state index in [-0.39, 0.29) is 11.8 Å². The number of benzene rings is 1. The number of rotatable bonds is 7. The van der Waals surface area contributed by atoms with E-state index in [0.29, 0.717) is 37.8 Å². The molecule has 0 saturated carbocycles. The molecule has 0 heterocycles. The van der Waals surface area contributed by atoms with Crippen molar-refractivity contribution >= 4 is 6.03 Å². The first kappa shape index (κ1) is 15.3. The molecule has 0 spiro atoms. The molecule has 0 saturated heterocycles. The summed E-state index contributed by atoms with van der Waals surface area (Å²) >= 11 is 0. The molecule has 0 aromatic heterocycles. The van der Waals surface area contributed by atoms with Gasteiger partial charge in [0.05, 0.1) is 6.61 Å². The van der Waals surface area contributed by atoms with E-state index in [1.165, 1.54) is 12.1 Å². The highest BCUT2D eigenvalue weighted by Crippen LogP contribution is 2.10. The van der Waals surface area contributed by atoms with Crippen molar-refractivity contribution in [2.45, 2.75) is 20.3 Å². The number of amides is 2. The van der Waals surface area contributed by atoms with Crippen molar-refractivity contribution in [3.63, 3.8) is 0 Å². The molecule has 0 aliphatic carbocycles. The molecule has 1 aromatic carbocycles. The van der Waals surface area contributed by atoms with Crippen LogP contribution < -0.4 is 15.4 Å². The number of nitrogens with one attached hydrogen (secondary N) is 2. The lowest BCUT2D eigenvalue weighted by atomic mass is 10.2. The lowest BCUT2D eigenvalue weighted by Gasteiger charge is -2.10. The van der Waals surface area contributed by atoms with Crippen molar-refractivity contribution in [1.82, 2.24) is 10.6 Å². The lowest BCUT2D eigenvalue weighted by Crippen LogP contribution is -2.38. The normalized spacial score (nSPS) is 10.3. The van der Waals surface area contributed by atoms with Gasteiger partial charge in [-0.15, -0.1) is 0 Å². The summed E-state index contributed by atoms with van der Waals surface area (Å²) in [5.41, 5.74) is 0. The molecule has 106 valence electrons. The molecule has 0 fully saturated rings. The molecular weight excluding hydrogens is 247 g/mol. The fourth-order valence-corrected chi connectivity index (χ4v) is 1.35. The van der Waals surface area contributed by atoms with E-state index >= 15 is 0 Å². The first-order chi connectivity index (χ1) is 9.08. The van der Waals surface area contributed by atoms with Gasteiger partial charge in [-0.2, -0.15) is 0 Å². The Balaban J connectivity index is 2.05. The Morgan fingerprint density at radius 1 is 1.26 bits per heavy atom. The van der Waals surface area contributed by atoms with E-state index in [1.807, 2.05) is 13.8 Å². The topological polar surface area (TPSA) is 50.4 Å². The molecule has 4 nitrogen and oxygen atoms in total. The lowest BCUT2D eigenvalue weighted by molar-refractivity contribution is 0.238. The molecule has 2 amide bonds. The van der Waals surface area contributed by atoms with Crippen LogP contribution in [0.1, 0.15) is 20.3 Å². The fourth-order valence-electron chi connectivity index (χ4n) is 1.35. The molecule has 1 rings (SSSR count). The quantitative estimate of drug-likeness (QED) is 0.747. The van der Waals surface area contributed by atoms with Crippen molar-refractivity contribution in [3.05, 3.63) is 30.1 Å². The number of urea groups is 1. The average molecular weight is 268 g/mol. The molecule has 0 aliphatic heterocycles. The smallest absolute Gasteiger partial charge is 0.314 e. The Morgan fingerprint density at radius 3 is 2.58 bits per heavy atom. The predicted molar refractivity (Wildman–Crippen MR) is 72.8 cm³/mol. The van der Waals surface area contributed by atoms with Crippen molar-refractivity contribution in [1.29, 1.82) is 0 Å². The van der Waals surface area contributed by atoms with Crippen LogP contribution in [0.3, 0.4) is 0 Å². The molecule has 0 radical (unpaired) electrons. The standard InChI is InChI=1S/C14H21FN2O2/c1-11(2)10-17-14(18)16-8-3-9-19-13-6-4-12(15)5-7-13/h4-7,11H,3,8-10H2,1-2H3,(H2,16,17,18). The monoisotopic (exact) mass is 268 g/mol. The number of hydrogen-bond donors (Lipinski definition) is 2. The van der Waals surface area contributed by atoms with Crippen LogP contribution in [0.4, 0.5) is 9.18 Å². The molecule has 19 heavy (non-hydrogen) atoms. The van der Waals surface area contributed by atoms with Crippen LogP contribution in [0.5, 0.6) is 5.75 Å². The largest absolute Gasteiger partial charge is 0.494 e. The summed E-state index contributed by atoms with van der Waals surface area (Å²) in [7, 11) is 0. The van der Waals surface area contributed by atoms with Crippen LogP contribution >= 0.6 is 0 Å². The summed E-state index contributed by atoms with van der Waals surface area (Å²) < 4.78 is 18.0. The van der Waals surface area contributed by atoms with E-state index in [2.05, 4.69) is 10.6 Å². The first-order valence-electron chi connectivity index (χ1n) is 6.48. The second kappa shape index (κ2) is 8.34. The molecule has 2 N–H and O–H groups in total. The number of carbonyl (C=O) groups excluding carboxylic acids is 1. The van der Waals surface area contributed by atoms with Gasteiger partial charge >= 0.3 is 6.03 Å². The minimum atomic E-state index is -0.282. The maximum absolute atomic E-state index is 12.6. The SMILES string of the molecule is CC(C)CNC(=O)NCCCOc1ccc(F)cc1. The van der Waals surface area contributed by atoms with Gasteiger partial charge in [0.15, 0.2) is 0 Å². The minimum absolute atomic E-state index is 0.157. The van der Waals surface area contributed by atoms with E-state index in [9.17, 15) is 9.18 Å². The van der Waals surface area contributed by atoms with E-state index < -0.39 is 0 Å². The maximum Gasteiger partial charge on any atom is 0.314 e. The van der Waals surface area contributed by atoms with Crippen molar-refractivity contribution in [3.8, 4) is 5.75 Å². The summed E-state index contributed by atoms with van der Waals surface area (Å²) in [5.74, 6) is 0.786. The van der Waals surface area contributed by atoms with Gasteiger partial charge in [0, 0.05) is 13.1 Å². The Morgan fingerprint density at radius 2 is 1.95 bits per heavy atom. The summed E-state index contributed by atoms with van der Waals surface area (Å²) in [4.78, 5) is 11.3. The Hall–Kier alpha value is -1.78. The number of hydrogen-bond acceptors (Lipinski definition) is 2. The van der Waals surface area contributed by atoms with E-state index in [0.717, 1.165) is 0 Å². The summed E-state index contributed by atoms with van der Waals surface area (Å²) in [6.45, 7) is 5.77. The van der Waals surface area contributed by atoms with Crippen LogP contribution in [0, 0.1) is 11.7 Å². The molecule has 0 atom stereocenters. The Labute approximate surface area is 113 Å². The van der Waals surface area contributed by atoms with E-state index in [1.54, 1.807) is 12.1 Å². The number of carbonyl (C=O) groups is 1. The highest BCUT2D eigenvalue weighted by molar-refractivity contribution is 5.73. The van der Waals surface area contributed by atoms with Gasteiger partial charge in [0.25, 0.3) is 0 Å². The second-order valence-electron chi connectivity index (χ2n) is 4.69. The first-order valence-corrected chi connectivity index (χ1v) is 6.48. The van der Waals surface area contributed by atoms with Gasteiger partial charge in [0.2, 0.25) is 0 Å². The summed E-state index contributed by atoms with van der Waals surface area (Å²) in [6.07, 6.45) is 0.701. The predicted octanol–water partition coefficient (Wildman–Crippen LogP) is 2.55. The van der Waals surface area contributed by atoms with Gasteiger partial charge < -0.3 is 15.4 Å². The van der Waals surface area contributed by atoms with Crippen LogP contribution in [-0.2, 0) is 0 Å². The van der Waals surface area contributed by atoms with Crippen molar-refractivity contribution in [2.75, 3.05) is 19.7 Å². The summed E-state index contributed by atoms with van der Waals surface area (Å²) in [5, 5.41) is 5.51. The van der Waals surface area contributed by atoms with Crippen molar-refractivity contribution < 1.29 is 13.9 Å². The fraction of sp³-hybridized carbons (Fsp3) is 0.500. The zero-order valence-corrected chi connectivity index (χ0v) is 11.4. The molecule has 0 unspecified atom stereocenters. The van der Waals surface area contributed by atoms with Gasteiger partial charge in [0.1, 0.15) is 11.6 Å². The highest BCUT2D eigenvalue weighted by atomic mass is 19.1. The molecule has 0 bridgehead atoms. The number of halogens is 1. The third-order valence-electron chi connectivity index (χ3n) is 2.36. The molecule has 5 heteroatoms. The van der Waals surface area contributed by atoms with Crippen molar-refractivity contribution in [2.24, 2.45) is 5.92 Å². The van der Waals surface area contributed by atoms with Crippen LogP contribution in [-0.4, -0.2) is 25.7 Å². The van der Waals surface area contributed by atoms with E-state index in [4.69, 9.17) is 4.74 Å². The zero-order valence-electron chi connectivity index (χ0n) is 11.4. The van der Waals surface area contributed by atoms with Crippen LogP contribution in [0.25, 0.3) is 0 Å². The Bertz CT molecular complexity index is 380. The maximum atomic E-state index is 12.6. The third-order valence-corrected chi connectivity index (χ3v) is 2.36. The van der Waals surface area contributed by atoms with Gasteiger partial charge in [-0.3, -0.25) is 0 Å². The van der Waals surface area contributed by atoms with Crippen LogP contribution in [0.2, 0.25) is 0 Å². The van der Waals surface area contributed by atoms with Crippen LogP contribution in [0.15, 0.2) is 24.3 Å². The summed E-state index contributed by atoms with van der Waals surface area (Å²) in [6, 6.07) is 5.71. The van der Waals surface area contributed by atoms with Gasteiger partial charge in [-0.1, -0.05) is 13.8 Å².